The molecule has 0 amide bonds. The van der Waals surface area contributed by atoms with Crippen LogP contribution < -0.4 is 37.3 Å². The average Bonchev–Trinajstić information content (AvgIpc) is 2.73. The number of halogens is 2. The maximum atomic E-state index is 8.49. The first-order chi connectivity index (χ1) is 15.9. The number of nitrogens with zero attached hydrogens (tertiary/aromatic N) is 3. The first-order valence-corrected chi connectivity index (χ1v) is 11.5. The summed E-state index contributed by atoms with van der Waals surface area (Å²) in [6.07, 6.45) is 3.52. The molecule has 36 heavy (non-hydrogen) atoms. The Hall–Kier alpha value is -1.49. The van der Waals surface area contributed by atoms with E-state index in [1.165, 1.54) is 0 Å². The van der Waals surface area contributed by atoms with E-state index >= 15 is 0 Å². The molecule has 0 saturated carbocycles. The van der Waals surface area contributed by atoms with Gasteiger partial charge in [-0.25, -0.2) is 37.3 Å². The molecule has 0 unspecified atom stereocenters. The summed E-state index contributed by atoms with van der Waals surface area (Å²) in [6, 6.07) is 17.4. The maximum absolute atomic E-state index is 8.49. The second-order valence-corrected chi connectivity index (χ2v) is 7.52. The Morgan fingerprint density at radius 3 is 1.14 bits per heavy atom. The molecule has 3 N–H and O–H groups in total. The van der Waals surface area contributed by atoms with Gasteiger partial charge in [0.05, 0.1) is 49.2 Å². The molecule has 3 rings (SSSR count). The molecule has 194 valence electrons. The van der Waals surface area contributed by atoms with E-state index in [2.05, 4.69) is 15.0 Å². The van der Waals surface area contributed by atoms with Crippen molar-refractivity contribution in [2.45, 2.75) is 26.4 Å². The van der Waals surface area contributed by atoms with Crippen molar-refractivity contribution in [2.75, 3.05) is 0 Å². The van der Waals surface area contributed by atoms with Crippen molar-refractivity contribution < 1.29 is 100 Å². The third kappa shape index (κ3) is 24.2. The minimum absolute atomic E-state index is 0. The molecule has 0 aromatic carbocycles. The molecule has 0 radical (unpaired) electrons. The van der Waals surface area contributed by atoms with E-state index in [0.717, 1.165) is 22.8 Å². The van der Waals surface area contributed by atoms with Crippen molar-refractivity contribution in [3.63, 3.8) is 0 Å². The Kier molecular flexibility index (Phi) is 20.0. The fourth-order valence-electron chi connectivity index (χ4n) is 2.18. The molecular weight excluding hydrogens is 630 g/mol. The second-order valence-electron chi connectivity index (χ2n) is 6.00. The molecule has 0 saturated heterocycles. The third-order valence-corrected chi connectivity index (χ3v) is 3.32. The van der Waals surface area contributed by atoms with Gasteiger partial charge in [0.2, 0.25) is 0 Å². The van der Waals surface area contributed by atoms with Crippen molar-refractivity contribution in [1.29, 1.82) is 0 Å². The fraction of sp³-hybridized carbons (Fsp3) is 0.211. The summed E-state index contributed by atoms with van der Waals surface area (Å²) in [7, 11) is -9.89. The Labute approximate surface area is 230 Å². The van der Waals surface area contributed by atoms with Crippen LogP contribution in [-0.2, 0) is 68.7 Å². The van der Waals surface area contributed by atoms with Crippen LogP contribution in [0.4, 0.5) is 0 Å². The van der Waals surface area contributed by atoms with Crippen LogP contribution in [0.5, 0.6) is 0 Å². The molecule has 14 nitrogen and oxygen atoms in total. The first kappa shape index (κ1) is 36.7. The zero-order valence-electron chi connectivity index (χ0n) is 18.6. The quantitative estimate of drug-likeness (QED) is 0.162. The smallest absolute Gasteiger partial charge is 0.457 e. The normalized spacial score (nSPS) is 10.4. The summed E-state index contributed by atoms with van der Waals surface area (Å²) in [5.41, 5.74) is 3.58. The predicted octanol–water partition coefficient (Wildman–Crippen LogP) is -7.13. The zero-order chi connectivity index (χ0) is 25.5. The molecule has 3 heterocycles. The SMILES string of the molecule is [Cd+2].[O-][Cl+3]([O-])([O-])[O-].[O-][Cl+3]([O-])([O-])[O-].[OH3+].c1ccc(COCc2cccc(COCc3ccccn3)n2)nc1. The van der Waals surface area contributed by atoms with Gasteiger partial charge >= 0.3 is 27.3 Å². The number of rotatable bonds is 8. The molecule has 0 atom stereocenters. The monoisotopic (exact) mass is 652 g/mol. The third-order valence-electron chi connectivity index (χ3n) is 3.32. The van der Waals surface area contributed by atoms with Crippen molar-refractivity contribution in [3.8, 4) is 0 Å². The second kappa shape index (κ2) is 19.6. The summed E-state index contributed by atoms with van der Waals surface area (Å²) < 4.78 is 79.3. The molecule has 0 aliphatic rings. The van der Waals surface area contributed by atoms with Gasteiger partial charge < -0.3 is 14.9 Å². The van der Waals surface area contributed by atoms with Crippen LogP contribution in [0.2, 0.25) is 0 Å². The number of hydrogen-bond acceptors (Lipinski definition) is 13. The minimum Gasteiger partial charge on any atom is -0.457 e. The topological polar surface area (TPSA) is 275 Å². The van der Waals surface area contributed by atoms with Gasteiger partial charge in [-0.3, -0.25) is 15.0 Å². The summed E-state index contributed by atoms with van der Waals surface area (Å²) in [4.78, 5) is 13.0. The minimum atomic E-state index is -4.94. The number of aromatic nitrogens is 3. The molecule has 0 spiro atoms. The fourth-order valence-corrected chi connectivity index (χ4v) is 2.18. The molecule has 0 bridgehead atoms. The Morgan fingerprint density at radius 1 is 0.528 bits per heavy atom. The van der Waals surface area contributed by atoms with Gasteiger partial charge in [-0.1, -0.05) is 18.2 Å². The van der Waals surface area contributed by atoms with Gasteiger partial charge in [0, 0.05) is 12.4 Å². The molecule has 0 fully saturated rings. The van der Waals surface area contributed by atoms with Gasteiger partial charge in [-0.15, -0.1) is 20.5 Å². The van der Waals surface area contributed by atoms with Crippen LogP contribution in [0.15, 0.2) is 67.0 Å². The summed E-state index contributed by atoms with van der Waals surface area (Å²) in [5, 5.41) is 0. The largest absolute Gasteiger partial charge is 2.00 e. The summed E-state index contributed by atoms with van der Waals surface area (Å²) in [5.74, 6) is 0. The van der Waals surface area contributed by atoms with Crippen molar-refractivity contribution in [3.05, 3.63) is 89.8 Å². The molecule has 17 heteroatoms. The van der Waals surface area contributed by atoms with Crippen molar-refractivity contribution in [1.82, 2.24) is 15.0 Å². The first-order valence-electron chi connectivity index (χ1n) is 9.04. The van der Waals surface area contributed by atoms with E-state index in [-0.39, 0.29) is 32.8 Å². The molecule has 3 aromatic heterocycles. The van der Waals surface area contributed by atoms with Gasteiger partial charge in [-0.05, 0) is 36.4 Å². The number of pyridine rings is 3. The van der Waals surface area contributed by atoms with E-state index in [1.54, 1.807) is 12.4 Å². The van der Waals surface area contributed by atoms with Gasteiger partial charge in [0.15, 0.2) is 0 Å². The van der Waals surface area contributed by atoms with Gasteiger partial charge in [-0.2, -0.15) is 0 Å². The predicted molar refractivity (Wildman–Crippen MR) is 94.6 cm³/mol. The number of ether oxygens (including phenoxy) is 2. The molecule has 0 aliphatic heterocycles. The molecule has 0 aliphatic carbocycles. The zero-order valence-corrected chi connectivity index (χ0v) is 24.2. The summed E-state index contributed by atoms with van der Waals surface area (Å²) in [6.45, 7) is 1.85. The van der Waals surface area contributed by atoms with Crippen LogP contribution in [0, 0.1) is 20.5 Å². The van der Waals surface area contributed by atoms with Crippen LogP contribution >= 0.6 is 0 Å². The Bertz CT molecular complexity index is 852. The van der Waals surface area contributed by atoms with Crippen molar-refractivity contribution >= 4 is 0 Å². The van der Waals surface area contributed by atoms with Crippen LogP contribution in [0.3, 0.4) is 0 Å². The van der Waals surface area contributed by atoms with E-state index in [9.17, 15) is 0 Å². The van der Waals surface area contributed by atoms with E-state index in [1.807, 2.05) is 54.6 Å². The van der Waals surface area contributed by atoms with Crippen LogP contribution in [0.1, 0.15) is 22.8 Å². The van der Waals surface area contributed by atoms with Gasteiger partial charge in [0.25, 0.3) is 0 Å². The average molecular weight is 652 g/mol. The number of hydrogen-bond donors (Lipinski definition) is 0. The molecule has 3 aromatic rings. The van der Waals surface area contributed by atoms with Crippen molar-refractivity contribution in [2.24, 2.45) is 0 Å². The van der Waals surface area contributed by atoms with E-state index in [4.69, 9.17) is 46.7 Å². The van der Waals surface area contributed by atoms with E-state index < -0.39 is 20.5 Å². The van der Waals surface area contributed by atoms with E-state index in [0.29, 0.717) is 26.4 Å². The van der Waals surface area contributed by atoms with Crippen LogP contribution in [0.25, 0.3) is 0 Å². The summed E-state index contributed by atoms with van der Waals surface area (Å²) >= 11 is 0. The maximum Gasteiger partial charge on any atom is 2.00 e. The Balaban J connectivity index is 0. The van der Waals surface area contributed by atoms with Crippen LogP contribution in [-0.4, -0.2) is 15.0 Å². The Morgan fingerprint density at radius 2 is 0.833 bits per heavy atom. The van der Waals surface area contributed by atoms with Gasteiger partial charge in [0.1, 0.15) is 0 Å². The molecular formula is C19H22CdCl2N3O11+. The standard InChI is InChI=1S/C19H19N3O2.Cd.2ClHO4.H2O/c1-3-10-20-16(6-1)12-23-14-18-8-5-9-19(22-18)15-24-13-17-7-2-4-11-21-17;;2*2-1(3,4)5;/h1-11H,12-15H2;;2*(H,2,3,4,5);1H2/q;+2;;;/p-1.